The number of carbonyl (C=O) groups is 2. The number of nitrogens with one attached hydrogen (secondary N) is 1. The first-order valence-electron chi connectivity index (χ1n) is 14.3. The third-order valence-electron chi connectivity index (χ3n) is 7.28. The van der Waals surface area contributed by atoms with Crippen LogP contribution >= 0.6 is 23.2 Å². The Bertz CT molecular complexity index is 1660. The van der Waals surface area contributed by atoms with Gasteiger partial charge in [0.1, 0.15) is 12.6 Å². The number of rotatable bonds is 13. The SMILES string of the molecule is CC[C@H](C)NC(=O)[C@H](Cc1ccccc1)N(Cc1ccc(Cl)cc1Cl)C(=O)CN(c1ccccc1)S(=O)(=O)c1ccccc1. The quantitative estimate of drug-likeness (QED) is 0.173. The minimum absolute atomic E-state index is 0.0410. The van der Waals surface area contributed by atoms with Crippen molar-refractivity contribution in [3.63, 3.8) is 0 Å². The summed E-state index contributed by atoms with van der Waals surface area (Å²) >= 11 is 12.7. The van der Waals surface area contributed by atoms with E-state index in [1.165, 1.54) is 17.0 Å². The monoisotopic (exact) mass is 651 g/mol. The number of benzene rings is 4. The molecule has 0 bridgehead atoms. The van der Waals surface area contributed by atoms with Gasteiger partial charge in [-0.15, -0.1) is 0 Å². The molecule has 2 amide bonds. The van der Waals surface area contributed by atoms with Crippen molar-refractivity contribution < 1.29 is 18.0 Å². The minimum Gasteiger partial charge on any atom is -0.352 e. The van der Waals surface area contributed by atoms with Gasteiger partial charge >= 0.3 is 0 Å². The molecule has 0 heterocycles. The average Bonchev–Trinajstić information content (AvgIpc) is 3.03. The van der Waals surface area contributed by atoms with Crippen LogP contribution in [0.1, 0.15) is 31.4 Å². The van der Waals surface area contributed by atoms with E-state index < -0.39 is 28.5 Å². The lowest BCUT2D eigenvalue weighted by Gasteiger charge is -2.34. The highest BCUT2D eigenvalue weighted by molar-refractivity contribution is 7.92. The van der Waals surface area contributed by atoms with Crippen molar-refractivity contribution in [2.45, 2.75) is 50.2 Å². The zero-order valence-corrected chi connectivity index (χ0v) is 26.9. The van der Waals surface area contributed by atoms with E-state index in [-0.39, 0.29) is 29.8 Å². The summed E-state index contributed by atoms with van der Waals surface area (Å²) in [6.45, 7) is 3.26. The highest BCUT2D eigenvalue weighted by Gasteiger charge is 2.35. The molecule has 4 aromatic carbocycles. The molecule has 230 valence electrons. The molecule has 44 heavy (non-hydrogen) atoms. The number of sulfonamides is 1. The van der Waals surface area contributed by atoms with Gasteiger partial charge in [-0.2, -0.15) is 0 Å². The summed E-state index contributed by atoms with van der Waals surface area (Å²) < 4.78 is 29.0. The second kappa shape index (κ2) is 15.2. The Morgan fingerprint density at radius 2 is 1.43 bits per heavy atom. The average molecular weight is 653 g/mol. The number of hydrogen-bond donors (Lipinski definition) is 1. The summed E-state index contributed by atoms with van der Waals surface area (Å²) in [6, 6.07) is 29.6. The molecule has 0 radical (unpaired) electrons. The molecule has 7 nitrogen and oxygen atoms in total. The lowest BCUT2D eigenvalue weighted by molar-refractivity contribution is -0.140. The Balaban J connectivity index is 1.81. The van der Waals surface area contributed by atoms with Gasteiger partial charge in [-0.3, -0.25) is 13.9 Å². The van der Waals surface area contributed by atoms with Crippen molar-refractivity contribution >= 4 is 50.7 Å². The zero-order chi connectivity index (χ0) is 31.7. The van der Waals surface area contributed by atoms with Gasteiger partial charge in [0.25, 0.3) is 10.0 Å². The first-order valence-corrected chi connectivity index (χ1v) is 16.5. The molecule has 2 atom stereocenters. The van der Waals surface area contributed by atoms with Crippen LogP contribution in [0.4, 0.5) is 5.69 Å². The van der Waals surface area contributed by atoms with Gasteiger partial charge in [0, 0.05) is 29.1 Å². The molecule has 0 spiro atoms. The number of para-hydroxylation sites is 1. The van der Waals surface area contributed by atoms with Gasteiger partial charge in [0.05, 0.1) is 10.6 Å². The first kappa shape index (κ1) is 33.1. The van der Waals surface area contributed by atoms with Crippen LogP contribution in [0.25, 0.3) is 0 Å². The zero-order valence-electron chi connectivity index (χ0n) is 24.6. The van der Waals surface area contributed by atoms with Gasteiger partial charge in [-0.05, 0) is 60.9 Å². The van der Waals surface area contributed by atoms with Crippen LogP contribution in [0.3, 0.4) is 0 Å². The van der Waals surface area contributed by atoms with Crippen LogP contribution in [0.2, 0.25) is 10.0 Å². The second-order valence-corrected chi connectivity index (χ2v) is 13.1. The van der Waals surface area contributed by atoms with Crippen molar-refractivity contribution in [2.24, 2.45) is 0 Å². The molecule has 0 unspecified atom stereocenters. The number of carbonyl (C=O) groups excluding carboxylic acids is 2. The molecule has 0 aliphatic heterocycles. The number of hydrogen-bond acceptors (Lipinski definition) is 4. The molecule has 10 heteroatoms. The molecule has 0 aliphatic carbocycles. The first-order chi connectivity index (χ1) is 21.1. The summed E-state index contributed by atoms with van der Waals surface area (Å²) in [4.78, 5) is 29.8. The smallest absolute Gasteiger partial charge is 0.264 e. The third kappa shape index (κ3) is 8.40. The summed E-state index contributed by atoms with van der Waals surface area (Å²) in [5.74, 6) is -0.918. The van der Waals surface area contributed by atoms with Gasteiger partial charge in [-0.25, -0.2) is 8.42 Å². The van der Waals surface area contributed by atoms with Crippen LogP contribution in [-0.4, -0.2) is 43.8 Å². The molecule has 0 fully saturated rings. The number of halogens is 2. The van der Waals surface area contributed by atoms with E-state index in [2.05, 4.69) is 5.32 Å². The largest absolute Gasteiger partial charge is 0.352 e. The van der Waals surface area contributed by atoms with Gasteiger partial charge < -0.3 is 10.2 Å². The predicted molar refractivity (Wildman–Crippen MR) is 176 cm³/mol. The molecule has 0 saturated heterocycles. The number of amides is 2. The van der Waals surface area contributed by atoms with Crippen LogP contribution < -0.4 is 9.62 Å². The molecule has 1 N–H and O–H groups in total. The van der Waals surface area contributed by atoms with E-state index in [0.717, 1.165) is 9.87 Å². The number of anilines is 1. The molecule has 4 aromatic rings. The van der Waals surface area contributed by atoms with Crippen molar-refractivity contribution in [1.29, 1.82) is 0 Å². The standard InChI is InChI=1S/C34H35Cl2N3O4S/c1-3-25(2)37-34(41)32(21-26-13-7-4-8-14-26)38(23-27-19-20-28(35)22-31(27)36)33(40)24-39(29-15-9-5-10-16-29)44(42,43)30-17-11-6-12-18-30/h4-20,22,25,32H,3,21,23-24H2,1-2H3,(H,37,41)/t25-,32-/m0/s1. The summed E-state index contributed by atoms with van der Waals surface area (Å²) in [7, 11) is -4.16. The van der Waals surface area contributed by atoms with Crippen molar-refractivity contribution in [2.75, 3.05) is 10.8 Å². The Kier molecular flexibility index (Phi) is 11.4. The number of nitrogens with zero attached hydrogens (tertiary/aromatic N) is 2. The Labute approximate surface area is 269 Å². The van der Waals surface area contributed by atoms with Crippen LogP contribution in [0.15, 0.2) is 114 Å². The normalized spacial score (nSPS) is 12.6. The minimum atomic E-state index is -4.16. The Hall–Kier alpha value is -3.85. The Morgan fingerprint density at radius 1 is 0.841 bits per heavy atom. The maximum Gasteiger partial charge on any atom is 0.264 e. The van der Waals surface area contributed by atoms with Gasteiger partial charge in [0.2, 0.25) is 11.8 Å². The molecular formula is C34H35Cl2N3O4S. The van der Waals surface area contributed by atoms with Gasteiger partial charge in [0.15, 0.2) is 0 Å². The lowest BCUT2D eigenvalue weighted by Crippen LogP contribution is -2.54. The van der Waals surface area contributed by atoms with Crippen molar-refractivity contribution in [3.8, 4) is 0 Å². The van der Waals surface area contributed by atoms with E-state index in [1.54, 1.807) is 66.7 Å². The fourth-order valence-electron chi connectivity index (χ4n) is 4.67. The van der Waals surface area contributed by atoms with Gasteiger partial charge in [-0.1, -0.05) is 103 Å². The predicted octanol–water partition coefficient (Wildman–Crippen LogP) is 6.74. The summed E-state index contributed by atoms with van der Waals surface area (Å²) in [5, 5.41) is 3.77. The molecular weight excluding hydrogens is 617 g/mol. The second-order valence-electron chi connectivity index (χ2n) is 10.4. The fourth-order valence-corrected chi connectivity index (χ4v) is 6.57. The van der Waals surface area contributed by atoms with Crippen molar-refractivity contribution in [3.05, 3.63) is 130 Å². The topological polar surface area (TPSA) is 86.8 Å². The van der Waals surface area contributed by atoms with Crippen molar-refractivity contribution in [1.82, 2.24) is 10.2 Å². The van der Waals surface area contributed by atoms with E-state index in [4.69, 9.17) is 23.2 Å². The summed E-state index contributed by atoms with van der Waals surface area (Å²) in [6.07, 6.45) is 0.898. The highest BCUT2D eigenvalue weighted by Crippen LogP contribution is 2.27. The van der Waals surface area contributed by atoms with Crippen LogP contribution in [-0.2, 0) is 32.6 Å². The maximum absolute atomic E-state index is 14.4. The fraction of sp³-hybridized carbons (Fsp3) is 0.235. The van der Waals surface area contributed by atoms with E-state index in [0.29, 0.717) is 27.7 Å². The molecule has 0 aliphatic rings. The maximum atomic E-state index is 14.4. The van der Waals surface area contributed by atoms with E-state index in [9.17, 15) is 18.0 Å². The third-order valence-corrected chi connectivity index (χ3v) is 9.66. The van der Waals surface area contributed by atoms with E-state index >= 15 is 0 Å². The summed E-state index contributed by atoms with van der Waals surface area (Å²) in [5.41, 5.74) is 1.72. The van der Waals surface area contributed by atoms with Crippen LogP contribution in [0, 0.1) is 0 Å². The molecule has 0 saturated carbocycles. The van der Waals surface area contributed by atoms with E-state index in [1.807, 2.05) is 44.2 Å². The Morgan fingerprint density at radius 3 is 2.02 bits per heavy atom. The lowest BCUT2D eigenvalue weighted by atomic mass is 10.0. The molecule has 0 aromatic heterocycles. The highest BCUT2D eigenvalue weighted by atomic mass is 35.5. The van der Waals surface area contributed by atoms with Crippen LogP contribution in [0.5, 0.6) is 0 Å². The molecule has 4 rings (SSSR count).